The van der Waals surface area contributed by atoms with Crippen LogP contribution in [-0.2, 0) is 0 Å². The van der Waals surface area contributed by atoms with Gasteiger partial charge in [-0.05, 0) is 31.4 Å². The minimum atomic E-state index is 0.504. The molecule has 96 valence electrons. The van der Waals surface area contributed by atoms with E-state index >= 15 is 0 Å². The average Bonchev–Trinajstić information content (AvgIpc) is 2.40. The number of amidine groups is 1. The molecule has 0 saturated heterocycles. The Balaban J connectivity index is 1.78. The summed E-state index contributed by atoms with van der Waals surface area (Å²) in [4.78, 5) is 4.91. The first-order valence-electron chi connectivity index (χ1n) is 6.93. The van der Waals surface area contributed by atoms with Gasteiger partial charge in [-0.1, -0.05) is 49.2 Å². The van der Waals surface area contributed by atoms with Crippen LogP contribution in [0.25, 0.3) is 0 Å². The van der Waals surface area contributed by atoms with Crippen LogP contribution < -0.4 is 5.32 Å². The molecule has 2 nitrogen and oxygen atoms in total. The predicted octanol–water partition coefficient (Wildman–Crippen LogP) is 4.60. The number of aliphatic imine (C=N–C) groups is 1. The van der Waals surface area contributed by atoms with E-state index in [2.05, 4.69) is 36.5 Å². The van der Waals surface area contributed by atoms with Crippen molar-refractivity contribution in [3.8, 4) is 0 Å². The highest BCUT2D eigenvalue weighted by Crippen LogP contribution is 2.39. The average molecular weight is 260 g/mol. The van der Waals surface area contributed by atoms with E-state index in [1.807, 2.05) is 11.8 Å². The Hall–Kier alpha value is -0.960. The van der Waals surface area contributed by atoms with Gasteiger partial charge >= 0.3 is 0 Å². The fourth-order valence-corrected chi connectivity index (χ4v) is 3.83. The van der Waals surface area contributed by atoms with Gasteiger partial charge in [0.1, 0.15) is 0 Å². The predicted molar refractivity (Wildman–Crippen MR) is 80.4 cm³/mol. The number of fused-ring (bicyclic) bond motifs is 1. The summed E-state index contributed by atoms with van der Waals surface area (Å²) in [5, 5.41) is 5.11. The van der Waals surface area contributed by atoms with E-state index in [9.17, 15) is 0 Å². The van der Waals surface area contributed by atoms with Gasteiger partial charge in [-0.15, -0.1) is 0 Å². The number of hydrogen-bond donors (Lipinski definition) is 1. The second-order valence-electron chi connectivity index (χ2n) is 5.20. The number of benzene rings is 1. The molecule has 18 heavy (non-hydrogen) atoms. The summed E-state index contributed by atoms with van der Waals surface area (Å²) in [6.07, 6.45) is 6.61. The zero-order valence-electron chi connectivity index (χ0n) is 10.9. The van der Waals surface area contributed by atoms with Gasteiger partial charge < -0.3 is 5.32 Å². The summed E-state index contributed by atoms with van der Waals surface area (Å²) in [6.45, 7) is 2.26. The van der Waals surface area contributed by atoms with E-state index in [1.165, 1.54) is 43.4 Å². The Kier molecular flexibility index (Phi) is 3.59. The molecule has 0 aromatic heterocycles. The molecule has 1 N–H and O–H groups in total. The molecular formula is C15H20N2S. The lowest BCUT2D eigenvalue weighted by molar-refractivity contribution is 0.444. The lowest BCUT2D eigenvalue weighted by Gasteiger charge is -2.26. The van der Waals surface area contributed by atoms with Crippen molar-refractivity contribution >= 4 is 22.6 Å². The van der Waals surface area contributed by atoms with E-state index in [1.54, 1.807) is 0 Å². The molecule has 0 radical (unpaired) electrons. The highest BCUT2D eigenvalue weighted by Gasteiger charge is 2.22. The lowest BCUT2D eigenvalue weighted by atomic mass is 9.96. The number of anilines is 1. The maximum absolute atomic E-state index is 4.91. The number of nitrogens with one attached hydrogen (secondary N) is 1. The highest BCUT2D eigenvalue weighted by molar-refractivity contribution is 8.14. The third-order valence-electron chi connectivity index (χ3n) is 3.80. The molecule has 1 unspecified atom stereocenters. The molecule has 0 amide bonds. The van der Waals surface area contributed by atoms with E-state index in [0.717, 1.165) is 5.17 Å². The van der Waals surface area contributed by atoms with Crippen molar-refractivity contribution in [1.29, 1.82) is 0 Å². The van der Waals surface area contributed by atoms with E-state index < -0.39 is 0 Å². The Morgan fingerprint density at radius 1 is 1.17 bits per heavy atom. The third kappa shape index (κ3) is 2.56. The molecule has 1 atom stereocenters. The SMILES string of the molecule is CC1SC(=NC2CCCCC2)Nc2ccccc21. The molecular weight excluding hydrogens is 240 g/mol. The largest absolute Gasteiger partial charge is 0.335 e. The Morgan fingerprint density at radius 3 is 2.78 bits per heavy atom. The third-order valence-corrected chi connectivity index (χ3v) is 4.84. The van der Waals surface area contributed by atoms with E-state index in [0.29, 0.717) is 11.3 Å². The maximum Gasteiger partial charge on any atom is 0.161 e. The van der Waals surface area contributed by atoms with Crippen molar-refractivity contribution in [1.82, 2.24) is 0 Å². The van der Waals surface area contributed by atoms with Crippen LogP contribution in [0.4, 0.5) is 5.69 Å². The molecule has 1 fully saturated rings. The van der Waals surface area contributed by atoms with Gasteiger partial charge in [-0.25, -0.2) is 0 Å². The number of rotatable bonds is 1. The van der Waals surface area contributed by atoms with Gasteiger partial charge in [0.2, 0.25) is 0 Å². The van der Waals surface area contributed by atoms with Gasteiger partial charge in [0.05, 0.1) is 6.04 Å². The summed E-state index contributed by atoms with van der Waals surface area (Å²) < 4.78 is 0. The van der Waals surface area contributed by atoms with Crippen molar-refractivity contribution < 1.29 is 0 Å². The molecule has 1 heterocycles. The van der Waals surface area contributed by atoms with Crippen molar-refractivity contribution in [2.24, 2.45) is 4.99 Å². The first kappa shape index (κ1) is 12.1. The van der Waals surface area contributed by atoms with Crippen LogP contribution in [-0.4, -0.2) is 11.2 Å². The van der Waals surface area contributed by atoms with Crippen LogP contribution in [0, 0.1) is 0 Å². The normalized spacial score (nSPS) is 26.7. The zero-order chi connectivity index (χ0) is 12.4. The summed E-state index contributed by atoms with van der Waals surface area (Å²) in [5.74, 6) is 0. The van der Waals surface area contributed by atoms with Crippen molar-refractivity contribution in [3.05, 3.63) is 29.8 Å². The number of thioether (sulfide) groups is 1. The highest BCUT2D eigenvalue weighted by atomic mass is 32.2. The smallest absolute Gasteiger partial charge is 0.161 e. The number of para-hydroxylation sites is 1. The topological polar surface area (TPSA) is 24.4 Å². The van der Waals surface area contributed by atoms with Crippen molar-refractivity contribution in [2.75, 3.05) is 5.32 Å². The molecule has 3 heteroatoms. The van der Waals surface area contributed by atoms with Gasteiger partial charge in [-0.3, -0.25) is 4.99 Å². The zero-order valence-corrected chi connectivity index (χ0v) is 11.7. The second kappa shape index (κ2) is 5.35. The van der Waals surface area contributed by atoms with Crippen LogP contribution in [0.3, 0.4) is 0 Å². The number of hydrogen-bond acceptors (Lipinski definition) is 2. The Labute approximate surface area is 113 Å². The quantitative estimate of drug-likeness (QED) is 0.798. The van der Waals surface area contributed by atoms with Crippen LogP contribution in [0.15, 0.2) is 29.3 Å². The molecule has 1 aromatic carbocycles. The van der Waals surface area contributed by atoms with Gasteiger partial charge in [0.15, 0.2) is 5.17 Å². The molecule has 2 aliphatic rings. The van der Waals surface area contributed by atoms with Gasteiger partial charge in [0.25, 0.3) is 0 Å². The Bertz CT molecular complexity index is 450. The van der Waals surface area contributed by atoms with Crippen LogP contribution >= 0.6 is 11.8 Å². The van der Waals surface area contributed by atoms with Gasteiger partial charge in [-0.2, -0.15) is 0 Å². The fraction of sp³-hybridized carbons (Fsp3) is 0.533. The molecule has 1 saturated carbocycles. The fourth-order valence-electron chi connectivity index (χ4n) is 2.78. The maximum atomic E-state index is 4.91. The molecule has 1 aromatic rings. The monoisotopic (exact) mass is 260 g/mol. The lowest BCUT2D eigenvalue weighted by Crippen LogP contribution is -2.20. The molecule has 1 aliphatic heterocycles. The molecule has 3 rings (SSSR count). The molecule has 0 spiro atoms. The van der Waals surface area contributed by atoms with Crippen LogP contribution in [0.1, 0.15) is 49.8 Å². The first-order chi connectivity index (χ1) is 8.83. The van der Waals surface area contributed by atoms with E-state index in [4.69, 9.17) is 4.99 Å². The van der Waals surface area contributed by atoms with Crippen LogP contribution in [0.5, 0.6) is 0 Å². The molecule has 1 aliphatic carbocycles. The van der Waals surface area contributed by atoms with Crippen molar-refractivity contribution in [3.63, 3.8) is 0 Å². The summed E-state index contributed by atoms with van der Waals surface area (Å²) in [5.41, 5.74) is 2.63. The first-order valence-corrected chi connectivity index (χ1v) is 7.81. The molecule has 0 bridgehead atoms. The van der Waals surface area contributed by atoms with Gasteiger partial charge in [0, 0.05) is 10.9 Å². The van der Waals surface area contributed by atoms with E-state index in [-0.39, 0.29) is 0 Å². The summed E-state index contributed by atoms with van der Waals surface area (Å²) >= 11 is 1.86. The summed E-state index contributed by atoms with van der Waals surface area (Å²) in [7, 11) is 0. The number of nitrogens with zero attached hydrogens (tertiary/aromatic N) is 1. The standard InChI is InChI=1S/C15H20N2S/c1-11-13-9-5-6-10-14(13)17-15(18-11)16-12-7-3-2-4-8-12/h5-6,9-12H,2-4,7-8H2,1H3,(H,16,17). The minimum absolute atomic E-state index is 0.504. The summed E-state index contributed by atoms with van der Waals surface area (Å²) in [6, 6.07) is 9.11. The minimum Gasteiger partial charge on any atom is -0.335 e. The second-order valence-corrected chi connectivity index (χ2v) is 6.53. The van der Waals surface area contributed by atoms with Crippen molar-refractivity contribution in [2.45, 2.75) is 50.3 Å². The Morgan fingerprint density at radius 2 is 1.94 bits per heavy atom. The van der Waals surface area contributed by atoms with Crippen LogP contribution in [0.2, 0.25) is 0 Å².